The third-order valence-corrected chi connectivity index (χ3v) is 2.88. The molecule has 106 valence electrons. The van der Waals surface area contributed by atoms with Crippen LogP contribution in [0, 0.1) is 0 Å². The SMILES string of the molecule is CCOc1cc(N)cc(C(=O)N(C)C(C)COC)c1. The molecule has 0 fully saturated rings. The molecule has 0 heterocycles. The number of hydrogen-bond donors (Lipinski definition) is 1. The summed E-state index contributed by atoms with van der Waals surface area (Å²) < 4.78 is 10.4. The number of benzene rings is 1. The van der Waals surface area contributed by atoms with Gasteiger partial charge in [-0.25, -0.2) is 0 Å². The lowest BCUT2D eigenvalue weighted by Crippen LogP contribution is -2.37. The highest BCUT2D eigenvalue weighted by Crippen LogP contribution is 2.20. The molecule has 0 aliphatic carbocycles. The van der Waals surface area contributed by atoms with E-state index in [-0.39, 0.29) is 11.9 Å². The Bertz CT molecular complexity index is 435. The highest BCUT2D eigenvalue weighted by molar-refractivity contribution is 5.95. The zero-order chi connectivity index (χ0) is 14.4. The van der Waals surface area contributed by atoms with Gasteiger partial charge in [-0.1, -0.05) is 0 Å². The lowest BCUT2D eigenvalue weighted by atomic mass is 10.1. The number of anilines is 1. The molecular weight excluding hydrogens is 244 g/mol. The summed E-state index contributed by atoms with van der Waals surface area (Å²) >= 11 is 0. The minimum Gasteiger partial charge on any atom is -0.494 e. The lowest BCUT2D eigenvalue weighted by molar-refractivity contribution is 0.0633. The van der Waals surface area contributed by atoms with Crippen LogP contribution in [0.3, 0.4) is 0 Å². The van der Waals surface area contributed by atoms with E-state index in [4.69, 9.17) is 15.2 Å². The normalized spacial score (nSPS) is 12.0. The predicted octanol–water partition coefficient (Wildman–Crippen LogP) is 1.77. The fraction of sp³-hybridized carbons (Fsp3) is 0.500. The minimum atomic E-state index is -0.0993. The summed E-state index contributed by atoms with van der Waals surface area (Å²) in [5.41, 5.74) is 6.82. The maximum atomic E-state index is 12.3. The molecule has 0 saturated carbocycles. The second-order valence-corrected chi connectivity index (χ2v) is 4.44. The van der Waals surface area contributed by atoms with Gasteiger partial charge in [0.15, 0.2) is 0 Å². The number of nitrogens with two attached hydrogens (primary N) is 1. The molecule has 0 aromatic heterocycles. The zero-order valence-electron chi connectivity index (χ0n) is 12.0. The molecule has 1 aromatic carbocycles. The number of hydrogen-bond acceptors (Lipinski definition) is 4. The van der Waals surface area contributed by atoms with Crippen molar-refractivity contribution in [2.24, 2.45) is 0 Å². The summed E-state index contributed by atoms with van der Waals surface area (Å²) in [7, 11) is 3.36. The number of rotatable bonds is 6. The topological polar surface area (TPSA) is 64.8 Å². The van der Waals surface area contributed by atoms with Crippen molar-refractivity contribution < 1.29 is 14.3 Å². The molecule has 1 unspecified atom stereocenters. The highest BCUT2D eigenvalue weighted by Gasteiger charge is 2.18. The maximum absolute atomic E-state index is 12.3. The number of nitrogen functional groups attached to an aromatic ring is 1. The van der Waals surface area contributed by atoms with Crippen LogP contribution in [0.1, 0.15) is 24.2 Å². The van der Waals surface area contributed by atoms with Gasteiger partial charge in [-0.15, -0.1) is 0 Å². The van der Waals surface area contributed by atoms with Gasteiger partial charge < -0.3 is 20.1 Å². The van der Waals surface area contributed by atoms with E-state index >= 15 is 0 Å². The molecule has 0 spiro atoms. The Morgan fingerprint density at radius 3 is 2.68 bits per heavy atom. The monoisotopic (exact) mass is 266 g/mol. The first kappa shape index (κ1) is 15.3. The number of ether oxygens (including phenoxy) is 2. The van der Waals surface area contributed by atoms with Crippen LogP contribution in [0.5, 0.6) is 5.75 Å². The molecule has 1 amide bonds. The molecule has 0 saturated heterocycles. The number of methoxy groups -OCH3 is 1. The number of amides is 1. The van der Waals surface area contributed by atoms with Crippen molar-refractivity contribution >= 4 is 11.6 Å². The van der Waals surface area contributed by atoms with Gasteiger partial charge in [0.2, 0.25) is 0 Å². The van der Waals surface area contributed by atoms with Gasteiger partial charge in [0, 0.05) is 31.5 Å². The second-order valence-electron chi connectivity index (χ2n) is 4.44. The molecular formula is C14H22N2O3. The first-order chi connectivity index (χ1) is 8.99. The van der Waals surface area contributed by atoms with E-state index in [0.717, 1.165) is 0 Å². The Morgan fingerprint density at radius 1 is 1.42 bits per heavy atom. The van der Waals surface area contributed by atoms with Gasteiger partial charge in [0.05, 0.1) is 19.3 Å². The van der Waals surface area contributed by atoms with Crippen molar-refractivity contribution in [1.29, 1.82) is 0 Å². The molecule has 0 aliphatic rings. The molecule has 5 nitrogen and oxygen atoms in total. The van der Waals surface area contributed by atoms with E-state index in [2.05, 4.69) is 0 Å². The summed E-state index contributed by atoms with van der Waals surface area (Å²) in [5.74, 6) is 0.511. The van der Waals surface area contributed by atoms with Crippen LogP contribution in [0.2, 0.25) is 0 Å². The summed E-state index contributed by atoms with van der Waals surface area (Å²) in [6, 6.07) is 5.06. The Hall–Kier alpha value is -1.75. The standard InChI is InChI=1S/C14H22N2O3/c1-5-19-13-7-11(6-12(15)8-13)14(17)16(3)10(2)9-18-4/h6-8,10H,5,9,15H2,1-4H3. The van der Waals surface area contributed by atoms with E-state index in [0.29, 0.717) is 30.2 Å². The molecule has 0 radical (unpaired) electrons. The van der Waals surface area contributed by atoms with Crippen LogP contribution in [0.25, 0.3) is 0 Å². The highest BCUT2D eigenvalue weighted by atomic mass is 16.5. The largest absolute Gasteiger partial charge is 0.494 e. The van der Waals surface area contributed by atoms with E-state index in [1.54, 1.807) is 37.3 Å². The van der Waals surface area contributed by atoms with Crippen LogP contribution in [0.4, 0.5) is 5.69 Å². The predicted molar refractivity (Wildman–Crippen MR) is 75.5 cm³/mol. The van der Waals surface area contributed by atoms with Crippen molar-refractivity contribution in [3.05, 3.63) is 23.8 Å². The summed E-state index contributed by atoms with van der Waals surface area (Å²) in [6.45, 7) is 4.84. The van der Waals surface area contributed by atoms with Gasteiger partial charge in [-0.05, 0) is 26.0 Å². The number of carbonyl (C=O) groups excluding carboxylic acids is 1. The van der Waals surface area contributed by atoms with Crippen LogP contribution in [-0.4, -0.2) is 44.2 Å². The third kappa shape index (κ3) is 4.13. The lowest BCUT2D eigenvalue weighted by Gasteiger charge is -2.24. The third-order valence-electron chi connectivity index (χ3n) is 2.88. The number of nitrogens with zero attached hydrogens (tertiary/aromatic N) is 1. The molecule has 19 heavy (non-hydrogen) atoms. The fourth-order valence-electron chi connectivity index (χ4n) is 1.75. The van der Waals surface area contributed by atoms with E-state index in [1.807, 2.05) is 13.8 Å². The smallest absolute Gasteiger partial charge is 0.254 e. The summed E-state index contributed by atoms with van der Waals surface area (Å²) in [4.78, 5) is 14.0. The molecule has 5 heteroatoms. The number of carbonyl (C=O) groups is 1. The molecule has 1 atom stereocenters. The van der Waals surface area contributed by atoms with Gasteiger partial charge in [-0.3, -0.25) is 4.79 Å². The van der Waals surface area contributed by atoms with Crippen molar-refractivity contribution in [2.75, 3.05) is 33.1 Å². The van der Waals surface area contributed by atoms with E-state index in [9.17, 15) is 4.79 Å². The van der Waals surface area contributed by atoms with Crippen molar-refractivity contribution in [3.63, 3.8) is 0 Å². The molecule has 1 rings (SSSR count). The second kappa shape index (κ2) is 6.99. The molecule has 0 bridgehead atoms. The quantitative estimate of drug-likeness (QED) is 0.797. The fourth-order valence-corrected chi connectivity index (χ4v) is 1.75. The van der Waals surface area contributed by atoms with Gasteiger partial charge in [-0.2, -0.15) is 0 Å². The first-order valence-corrected chi connectivity index (χ1v) is 6.29. The summed E-state index contributed by atoms with van der Waals surface area (Å²) in [6.07, 6.45) is 0. The maximum Gasteiger partial charge on any atom is 0.254 e. The zero-order valence-corrected chi connectivity index (χ0v) is 12.0. The average Bonchev–Trinajstić information content (AvgIpc) is 2.37. The Balaban J connectivity index is 2.92. The van der Waals surface area contributed by atoms with Crippen molar-refractivity contribution in [2.45, 2.75) is 19.9 Å². The molecule has 0 aliphatic heterocycles. The Labute approximate surface area is 114 Å². The van der Waals surface area contributed by atoms with Crippen molar-refractivity contribution in [3.8, 4) is 5.75 Å². The van der Waals surface area contributed by atoms with Gasteiger partial charge in [0.1, 0.15) is 5.75 Å². The average molecular weight is 266 g/mol. The van der Waals surface area contributed by atoms with Gasteiger partial charge in [0.25, 0.3) is 5.91 Å². The van der Waals surface area contributed by atoms with Crippen LogP contribution < -0.4 is 10.5 Å². The molecule has 1 aromatic rings. The Kier molecular flexibility index (Phi) is 5.63. The Morgan fingerprint density at radius 2 is 2.11 bits per heavy atom. The van der Waals surface area contributed by atoms with Crippen LogP contribution in [-0.2, 0) is 4.74 Å². The first-order valence-electron chi connectivity index (χ1n) is 6.29. The van der Waals surface area contributed by atoms with E-state index < -0.39 is 0 Å². The van der Waals surface area contributed by atoms with Crippen molar-refractivity contribution in [1.82, 2.24) is 4.90 Å². The van der Waals surface area contributed by atoms with Gasteiger partial charge >= 0.3 is 0 Å². The number of likely N-dealkylation sites (N-methyl/N-ethyl adjacent to an activating group) is 1. The minimum absolute atomic E-state index is 0.00512. The van der Waals surface area contributed by atoms with Crippen LogP contribution >= 0.6 is 0 Å². The van der Waals surface area contributed by atoms with Crippen LogP contribution in [0.15, 0.2) is 18.2 Å². The van der Waals surface area contributed by atoms with E-state index in [1.165, 1.54) is 0 Å². The molecule has 2 N–H and O–H groups in total. The summed E-state index contributed by atoms with van der Waals surface area (Å²) in [5, 5.41) is 0.